The van der Waals surface area contributed by atoms with Gasteiger partial charge in [0.25, 0.3) is 5.70 Å². The molecule has 0 spiro atoms. The Hall–Kier alpha value is -1.44. The highest BCUT2D eigenvalue weighted by Gasteiger charge is 2.39. The van der Waals surface area contributed by atoms with Crippen LogP contribution >= 0.6 is 0 Å². The molecule has 1 N–H and O–H groups in total. The molecular formula is C3HF3N2O3. The standard InChI is InChI=1S/C3HF3N2O3/c4-2-1(3(9)10)7(5)8(6)11-2/h(H,9,10). The van der Waals surface area contributed by atoms with Gasteiger partial charge in [0, 0.05) is 0 Å². The third-order valence-electron chi connectivity index (χ3n) is 0.867. The van der Waals surface area contributed by atoms with Crippen LogP contribution in [0.3, 0.4) is 0 Å². The van der Waals surface area contributed by atoms with E-state index < -0.39 is 28.3 Å². The molecule has 0 saturated carbocycles. The molecule has 0 bridgehead atoms. The Labute approximate surface area is 57.7 Å². The van der Waals surface area contributed by atoms with Crippen molar-refractivity contribution in [1.82, 2.24) is 10.6 Å². The molecular weight excluding hydrogens is 169 g/mol. The van der Waals surface area contributed by atoms with Crippen molar-refractivity contribution < 1.29 is 28.1 Å². The second-order valence-electron chi connectivity index (χ2n) is 1.51. The second kappa shape index (κ2) is 2.31. The SMILES string of the molecule is O=C(O)C1=C(F)ON(F)N1F. The number of carboxylic acid groups (broad SMARTS) is 1. The topological polar surface area (TPSA) is 53.0 Å². The first kappa shape index (κ1) is 7.66. The molecule has 62 valence electrons. The molecule has 11 heavy (non-hydrogen) atoms. The molecule has 0 aromatic heterocycles. The quantitative estimate of drug-likeness (QED) is 0.578. The van der Waals surface area contributed by atoms with Gasteiger partial charge < -0.3 is 9.94 Å². The molecule has 8 heteroatoms. The normalized spacial score (nSPS) is 19.0. The van der Waals surface area contributed by atoms with Gasteiger partial charge in [-0.3, -0.25) is 0 Å². The third-order valence-corrected chi connectivity index (χ3v) is 0.867. The van der Waals surface area contributed by atoms with Crippen LogP contribution in [0.5, 0.6) is 0 Å². The predicted molar refractivity (Wildman–Crippen MR) is 22.7 cm³/mol. The van der Waals surface area contributed by atoms with Crippen molar-refractivity contribution >= 4 is 5.97 Å². The van der Waals surface area contributed by atoms with E-state index >= 15 is 0 Å². The van der Waals surface area contributed by atoms with Gasteiger partial charge in [0.2, 0.25) is 0 Å². The fourth-order valence-corrected chi connectivity index (χ4v) is 0.459. The summed E-state index contributed by atoms with van der Waals surface area (Å²) in [5.41, 5.74) is -1.53. The van der Waals surface area contributed by atoms with Crippen LogP contribution in [0.25, 0.3) is 0 Å². The summed E-state index contributed by atoms with van der Waals surface area (Å²) in [7, 11) is 0. The van der Waals surface area contributed by atoms with E-state index in [1.165, 1.54) is 0 Å². The Bertz CT molecular complexity index is 230. The Balaban J connectivity index is 2.91. The number of carboxylic acids is 1. The minimum absolute atomic E-state index is 1.11. The largest absolute Gasteiger partial charge is 0.476 e. The van der Waals surface area contributed by atoms with Gasteiger partial charge in [-0.25, -0.2) is 4.79 Å². The van der Waals surface area contributed by atoms with E-state index in [-0.39, 0.29) is 0 Å². The monoisotopic (exact) mass is 170 g/mol. The van der Waals surface area contributed by atoms with Crippen molar-refractivity contribution in [2.75, 3.05) is 0 Å². The molecule has 0 saturated heterocycles. The van der Waals surface area contributed by atoms with Crippen molar-refractivity contribution in [1.29, 1.82) is 0 Å². The van der Waals surface area contributed by atoms with Crippen molar-refractivity contribution in [3.05, 3.63) is 11.7 Å². The zero-order chi connectivity index (χ0) is 8.59. The van der Waals surface area contributed by atoms with Crippen molar-refractivity contribution in [3.8, 4) is 0 Å². The van der Waals surface area contributed by atoms with E-state index in [0.29, 0.717) is 0 Å². The van der Waals surface area contributed by atoms with Crippen LogP contribution in [0.4, 0.5) is 13.4 Å². The summed E-state index contributed by atoms with van der Waals surface area (Å²) < 4.78 is 35.9. The Morgan fingerprint density at radius 1 is 1.55 bits per heavy atom. The molecule has 0 radical (unpaired) electrons. The lowest BCUT2D eigenvalue weighted by Crippen LogP contribution is -2.24. The second-order valence-corrected chi connectivity index (χ2v) is 1.51. The van der Waals surface area contributed by atoms with Crippen molar-refractivity contribution in [2.45, 2.75) is 0 Å². The number of nitrogens with zero attached hydrogens (tertiary/aromatic N) is 2. The molecule has 0 unspecified atom stereocenters. The first-order chi connectivity index (χ1) is 5.04. The smallest absolute Gasteiger partial charge is 0.363 e. The lowest BCUT2D eigenvalue weighted by atomic mass is 10.5. The highest BCUT2D eigenvalue weighted by atomic mass is 19.3. The molecule has 0 aromatic rings. The number of rotatable bonds is 1. The lowest BCUT2D eigenvalue weighted by Gasteiger charge is -2.06. The van der Waals surface area contributed by atoms with Gasteiger partial charge in [0.1, 0.15) is 0 Å². The minimum Gasteiger partial charge on any atom is -0.476 e. The summed E-state index contributed by atoms with van der Waals surface area (Å²) >= 11 is 0. The van der Waals surface area contributed by atoms with Crippen LogP contribution in [-0.4, -0.2) is 21.7 Å². The third kappa shape index (κ3) is 1.07. The molecule has 1 rings (SSSR count). The van der Waals surface area contributed by atoms with Crippen molar-refractivity contribution in [3.63, 3.8) is 0 Å². The summed E-state index contributed by atoms with van der Waals surface area (Å²) in [6, 6.07) is -1.84. The number of hydrogen-bond acceptors (Lipinski definition) is 4. The molecule has 1 heterocycles. The Morgan fingerprint density at radius 3 is 2.27 bits per heavy atom. The number of halogens is 3. The molecule has 0 atom stereocenters. The van der Waals surface area contributed by atoms with E-state index in [0.717, 1.165) is 0 Å². The fraction of sp³-hybridized carbons (Fsp3) is 0. The van der Waals surface area contributed by atoms with Crippen LogP contribution in [0.2, 0.25) is 0 Å². The summed E-state index contributed by atoms with van der Waals surface area (Å²) in [5.74, 6) is -1.97. The van der Waals surface area contributed by atoms with E-state index in [2.05, 4.69) is 4.84 Å². The average molecular weight is 170 g/mol. The molecule has 1 aliphatic rings. The summed E-state index contributed by atoms with van der Waals surface area (Å²) in [4.78, 5) is 13.2. The molecule has 0 amide bonds. The fourth-order valence-electron chi connectivity index (χ4n) is 0.459. The van der Waals surface area contributed by atoms with Gasteiger partial charge in [0.05, 0.1) is 0 Å². The van der Waals surface area contributed by atoms with Gasteiger partial charge >= 0.3 is 12.0 Å². The lowest BCUT2D eigenvalue weighted by molar-refractivity contribution is -0.393. The van der Waals surface area contributed by atoms with Crippen LogP contribution in [0.1, 0.15) is 0 Å². The molecule has 1 aliphatic heterocycles. The van der Waals surface area contributed by atoms with Gasteiger partial charge in [-0.15, -0.1) is 0 Å². The first-order valence-corrected chi connectivity index (χ1v) is 2.27. The molecule has 0 aliphatic carbocycles. The molecule has 0 fully saturated rings. The van der Waals surface area contributed by atoms with Gasteiger partial charge in [-0.2, -0.15) is 4.39 Å². The Kier molecular flexibility index (Phi) is 1.61. The maximum absolute atomic E-state index is 12.1. The molecule has 5 nitrogen and oxygen atoms in total. The number of carbonyl (C=O) groups is 1. The Morgan fingerprint density at radius 2 is 2.09 bits per heavy atom. The maximum atomic E-state index is 12.1. The van der Waals surface area contributed by atoms with E-state index in [9.17, 15) is 18.1 Å². The molecule has 0 aromatic carbocycles. The number of hydrogen-bond donors (Lipinski definition) is 1. The average Bonchev–Trinajstić information content (AvgIpc) is 2.07. The van der Waals surface area contributed by atoms with Crippen LogP contribution in [0.15, 0.2) is 11.7 Å². The highest BCUT2D eigenvalue weighted by molar-refractivity contribution is 5.85. The van der Waals surface area contributed by atoms with E-state index in [1.54, 1.807) is 0 Å². The van der Waals surface area contributed by atoms with Gasteiger partial charge in [-0.1, -0.05) is 14.2 Å². The summed E-state index contributed by atoms with van der Waals surface area (Å²) in [5, 5.41) is 5.72. The first-order valence-electron chi connectivity index (χ1n) is 2.27. The maximum Gasteiger partial charge on any atom is 0.363 e. The minimum atomic E-state index is -1.97. The zero-order valence-corrected chi connectivity index (χ0v) is 4.79. The van der Waals surface area contributed by atoms with Gasteiger partial charge in [0.15, 0.2) is 5.39 Å². The van der Waals surface area contributed by atoms with Crippen LogP contribution in [0, 0.1) is 0 Å². The summed E-state index contributed by atoms with van der Waals surface area (Å²) in [6.45, 7) is 0. The highest BCUT2D eigenvalue weighted by Crippen LogP contribution is 2.26. The van der Waals surface area contributed by atoms with Crippen molar-refractivity contribution in [2.24, 2.45) is 0 Å². The van der Waals surface area contributed by atoms with E-state index in [4.69, 9.17) is 5.11 Å². The zero-order valence-electron chi connectivity index (χ0n) is 4.79. The van der Waals surface area contributed by atoms with Crippen LogP contribution in [-0.2, 0) is 9.63 Å². The summed E-state index contributed by atoms with van der Waals surface area (Å²) in [6.07, 6.45) is 0. The number of aliphatic carboxylic acids is 1. The van der Waals surface area contributed by atoms with Crippen LogP contribution < -0.4 is 0 Å². The predicted octanol–water partition coefficient (Wildman–Crippen LogP) is 0.443. The van der Waals surface area contributed by atoms with E-state index in [1.807, 2.05) is 0 Å². The number of hydrazine groups is 1. The van der Waals surface area contributed by atoms with Gasteiger partial charge in [-0.05, 0) is 0 Å².